The molecule has 0 unspecified atom stereocenters. The SMILES string of the molecule is COCCCNC1=NCCNC12CCN(S(=O)(=O)c1ccc(C)cc1C)CC2.Cl. The zero-order chi connectivity index (χ0) is 20.2. The number of aryl methyl sites for hydroxylation is 2. The molecule has 1 spiro atoms. The molecule has 1 aromatic rings. The first-order valence-electron chi connectivity index (χ1n) is 9.99. The molecule has 0 radical (unpaired) electrons. The summed E-state index contributed by atoms with van der Waals surface area (Å²) < 4.78 is 33.1. The number of ether oxygens (including phenoxy) is 1. The highest BCUT2D eigenvalue weighted by molar-refractivity contribution is 7.89. The van der Waals surface area contributed by atoms with E-state index in [1.807, 2.05) is 26.0 Å². The molecule has 0 amide bonds. The van der Waals surface area contributed by atoms with Crippen molar-refractivity contribution in [3.8, 4) is 0 Å². The van der Waals surface area contributed by atoms with Gasteiger partial charge in [0.15, 0.2) is 0 Å². The second-order valence-corrected chi connectivity index (χ2v) is 9.59. The fraction of sp³-hybridized carbons (Fsp3) is 0.650. The van der Waals surface area contributed by atoms with Gasteiger partial charge < -0.3 is 15.4 Å². The predicted octanol–water partition coefficient (Wildman–Crippen LogP) is 1.88. The molecule has 0 aliphatic carbocycles. The lowest BCUT2D eigenvalue weighted by atomic mass is 9.85. The van der Waals surface area contributed by atoms with E-state index < -0.39 is 10.0 Å². The Hall–Kier alpha value is -1.19. The van der Waals surface area contributed by atoms with E-state index in [1.54, 1.807) is 17.5 Å². The molecule has 2 heterocycles. The van der Waals surface area contributed by atoms with E-state index in [2.05, 4.69) is 10.6 Å². The highest BCUT2D eigenvalue weighted by Gasteiger charge is 2.43. The third-order valence-electron chi connectivity index (χ3n) is 5.64. The summed E-state index contributed by atoms with van der Waals surface area (Å²) in [5, 5.41) is 7.07. The lowest BCUT2D eigenvalue weighted by Gasteiger charge is -2.44. The minimum absolute atomic E-state index is 0. The van der Waals surface area contributed by atoms with Crippen LogP contribution in [0.25, 0.3) is 0 Å². The van der Waals surface area contributed by atoms with Crippen LogP contribution >= 0.6 is 12.4 Å². The Labute approximate surface area is 180 Å². The molecule has 1 saturated heterocycles. The maximum Gasteiger partial charge on any atom is 0.243 e. The van der Waals surface area contributed by atoms with Crippen LogP contribution in [0, 0.1) is 13.8 Å². The first-order valence-corrected chi connectivity index (χ1v) is 11.4. The number of sulfonamides is 1. The summed E-state index contributed by atoms with van der Waals surface area (Å²) in [6.07, 6.45) is 2.35. The van der Waals surface area contributed by atoms with E-state index in [0.29, 0.717) is 37.4 Å². The van der Waals surface area contributed by atoms with Crippen molar-refractivity contribution < 1.29 is 13.2 Å². The van der Waals surface area contributed by atoms with Crippen LogP contribution in [-0.2, 0) is 14.8 Å². The van der Waals surface area contributed by atoms with E-state index in [4.69, 9.17) is 9.73 Å². The normalized spacial score (nSPS) is 19.5. The minimum Gasteiger partial charge on any atom is -0.385 e. The standard InChI is InChI=1S/C20H32N4O3S.ClH/c1-16-5-6-18(17(2)15-16)28(25,26)24-12-7-20(8-13-24)19(22-10-11-23-20)21-9-4-14-27-3;/h5-6,15,23H,4,7-14H2,1-3H3,(H,21,22);1H. The van der Waals surface area contributed by atoms with Gasteiger partial charge in [0.05, 0.1) is 17.0 Å². The molecule has 2 aliphatic rings. The molecule has 2 aliphatic heterocycles. The van der Waals surface area contributed by atoms with Crippen LogP contribution in [0.5, 0.6) is 0 Å². The number of halogens is 1. The fourth-order valence-electron chi connectivity index (χ4n) is 4.10. The molecule has 2 N–H and O–H groups in total. The number of nitrogens with zero attached hydrogens (tertiary/aromatic N) is 2. The van der Waals surface area contributed by atoms with Gasteiger partial charge in [0.1, 0.15) is 5.84 Å². The van der Waals surface area contributed by atoms with Crippen LogP contribution in [0.1, 0.15) is 30.4 Å². The number of amidine groups is 1. The third kappa shape index (κ3) is 5.30. The smallest absolute Gasteiger partial charge is 0.243 e. The fourth-order valence-corrected chi connectivity index (χ4v) is 5.74. The summed E-state index contributed by atoms with van der Waals surface area (Å²) in [5.41, 5.74) is 1.62. The van der Waals surface area contributed by atoms with Crippen molar-refractivity contribution in [1.29, 1.82) is 0 Å². The van der Waals surface area contributed by atoms with Crippen molar-refractivity contribution in [2.45, 2.75) is 43.5 Å². The maximum absolute atomic E-state index is 13.2. The monoisotopic (exact) mass is 444 g/mol. The van der Waals surface area contributed by atoms with Gasteiger partial charge in [-0.1, -0.05) is 17.7 Å². The molecule has 9 heteroatoms. The Balaban J connectivity index is 0.00000300. The Morgan fingerprint density at radius 1 is 1.28 bits per heavy atom. The summed E-state index contributed by atoms with van der Waals surface area (Å²) in [7, 11) is -1.78. The number of methoxy groups -OCH3 is 1. The van der Waals surface area contributed by atoms with Gasteiger partial charge in [-0.25, -0.2) is 8.42 Å². The molecule has 7 nitrogen and oxygen atoms in total. The van der Waals surface area contributed by atoms with Crippen LogP contribution in [0.2, 0.25) is 0 Å². The molecule has 0 saturated carbocycles. The number of aliphatic imine (C=N–C) groups is 1. The number of nitrogens with one attached hydrogen (secondary N) is 2. The number of hydrogen-bond donors (Lipinski definition) is 2. The van der Waals surface area contributed by atoms with Crippen molar-refractivity contribution in [3.05, 3.63) is 29.3 Å². The largest absolute Gasteiger partial charge is 0.385 e. The summed E-state index contributed by atoms with van der Waals surface area (Å²) in [6.45, 7) is 7.91. The van der Waals surface area contributed by atoms with Crippen LogP contribution in [-0.4, -0.2) is 70.5 Å². The summed E-state index contributed by atoms with van der Waals surface area (Å²) >= 11 is 0. The molecule has 1 fully saturated rings. The van der Waals surface area contributed by atoms with Gasteiger partial charge in [-0.2, -0.15) is 4.31 Å². The van der Waals surface area contributed by atoms with Crippen LogP contribution < -0.4 is 10.6 Å². The second-order valence-electron chi connectivity index (χ2n) is 7.69. The summed E-state index contributed by atoms with van der Waals surface area (Å²) in [4.78, 5) is 5.12. The Kier molecular flexibility index (Phi) is 8.48. The first kappa shape index (κ1) is 24.1. The number of piperidine rings is 1. The van der Waals surface area contributed by atoms with Crippen LogP contribution in [0.4, 0.5) is 0 Å². The second kappa shape index (κ2) is 10.2. The minimum atomic E-state index is -3.48. The molecule has 3 rings (SSSR count). The number of benzene rings is 1. The zero-order valence-corrected chi connectivity index (χ0v) is 19.2. The van der Waals surface area contributed by atoms with Gasteiger partial charge in [-0.05, 0) is 44.7 Å². The first-order chi connectivity index (χ1) is 13.4. The lowest BCUT2D eigenvalue weighted by molar-refractivity contribution is 0.195. The average Bonchev–Trinajstić information content (AvgIpc) is 2.67. The Morgan fingerprint density at radius 2 is 2.00 bits per heavy atom. The van der Waals surface area contributed by atoms with E-state index in [1.165, 1.54) is 0 Å². The molecule has 1 aromatic carbocycles. The Morgan fingerprint density at radius 3 is 2.66 bits per heavy atom. The molecule has 0 bridgehead atoms. The van der Waals surface area contributed by atoms with Crippen LogP contribution in [0.3, 0.4) is 0 Å². The average molecular weight is 445 g/mol. The van der Waals surface area contributed by atoms with Gasteiger partial charge in [0.25, 0.3) is 0 Å². The third-order valence-corrected chi connectivity index (χ3v) is 7.70. The maximum atomic E-state index is 13.2. The molecule has 164 valence electrons. The van der Waals surface area contributed by atoms with E-state index in [9.17, 15) is 8.42 Å². The van der Waals surface area contributed by atoms with Crippen molar-refractivity contribution in [3.63, 3.8) is 0 Å². The zero-order valence-electron chi connectivity index (χ0n) is 17.5. The quantitative estimate of drug-likeness (QED) is 0.654. The molecular formula is C20H33ClN4O3S. The number of rotatable bonds is 6. The van der Waals surface area contributed by atoms with E-state index in [-0.39, 0.29) is 17.9 Å². The number of hydrogen-bond acceptors (Lipinski definition) is 6. The predicted molar refractivity (Wildman–Crippen MR) is 119 cm³/mol. The summed E-state index contributed by atoms with van der Waals surface area (Å²) in [5.74, 6) is 0.971. The Bertz CT molecular complexity index is 821. The molecule has 0 aromatic heterocycles. The highest BCUT2D eigenvalue weighted by atomic mass is 35.5. The highest BCUT2D eigenvalue weighted by Crippen LogP contribution is 2.30. The van der Waals surface area contributed by atoms with Crippen molar-refractivity contribution >= 4 is 28.3 Å². The molecule has 29 heavy (non-hydrogen) atoms. The van der Waals surface area contributed by atoms with Crippen LogP contribution in [0.15, 0.2) is 28.1 Å². The topological polar surface area (TPSA) is 83.0 Å². The van der Waals surface area contributed by atoms with Gasteiger partial charge >= 0.3 is 0 Å². The molecule has 0 atom stereocenters. The van der Waals surface area contributed by atoms with Gasteiger partial charge in [0.2, 0.25) is 10.0 Å². The lowest BCUT2D eigenvalue weighted by Crippen LogP contribution is -2.64. The van der Waals surface area contributed by atoms with Crippen molar-refractivity contribution in [1.82, 2.24) is 14.9 Å². The summed E-state index contributed by atoms with van der Waals surface area (Å²) in [6, 6.07) is 5.52. The van der Waals surface area contributed by atoms with Crippen molar-refractivity contribution in [2.75, 3.05) is 46.4 Å². The van der Waals surface area contributed by atoms with E-state index >= 15 is 0 Å². The van der Waals surface area contributed by atoms with Gasteiger partial charge in [-0.3, -0.25) is 4.99 Å². The van der Waals surface area contributed by atoms with Gasteiger partial charge in [-0.15, -0.1) is 12.4 Å². The van der Waals surface area contributed by atoms with Crippen molar-refractivity contribution in [2.24, 2.45) is 4.99 Å². The van der Waals surface area contributed by atoms with Gasteiger partial charge in [0, 0.05) is 39.9 Å². The molecular weight excluding hydrogens is 412 g/mol. The van der Waals surface area contributed by atoms with E-state index in [0.717, 1.165) is 43.0 Å².